The van der Waals surface area contributed by atoms with Crippen molar-refractivity contribution in [3.05, 3.63) is 0 Å². The van der Waals surface area contributed by atoms with Gasteiger partial charge in [-0.05, 0) is 51.1 Å². The summed E-state index contributed by atoms with van der Waals surface area (Å²) in [5.41, 5.74) is 6.07. The van der Waals surface area contributed by atoms with E-state index in [4.69, 9.17) is 5.73 Å². The lowest BCUT2D eigenvalue weighted by atomic mass is 9.91. The van der Waals surface area contributed by atoms with Gasteiger partial charge in [0.15, 0.2) is 0 Å². The van der Waals surface area contributed by atoms with Crippen molar-refractivity contribution in [2.45, 2.75) is 83.2 Å². The van der Waals surface area contributed by atoms with Gasteiger partial charge in [0, 0.05) is 12.1 Å². The second-order valence-electron chi connectivity index (χ2n) is 6.35. The molecule has 0 aromatic carbocycles. The fourth-order valence-corrected chi connectivity index (χ4v) is 4.15. The standard InChI is InChI=1S/C16H32N2/c1-2-15-10-6-4-8-12-18(15)16-11-7-3-5-9-14(16)13-17/h14-16H,2-13,17H2,1H3. The summed E-state index contributed by atoms with van der Waals surface area (Å²) >= 11 is 0. The van der Waals surface area contributed by atoms with E-state index in [1.54, 1.807) is 0 Å². The Morgan fingerprint density at radius 3 is 2.44 bits per heavy atom. The molecule has 0 amide bonds. The Balaban J connectivity index is 2.07. The molecule has 1 saturated carbocycles. The third kappa shape index (κ3) is 3.48. The molecule has 2 rings (SSSR count). The summed E-state index contributed by atoms with van der Waals surface area (Å²) in [7, 11) is 0. The molecule has 0 spiro atoms. The molecule has 18 heavy (non-hydrogen) atoms. The average molecular weight is 252 g/mol. The van der Waals surface area contributed by atoms with Crippen molar-refractivity contribution in [3.63, 3.8) is 0 Å². The zero-order chi connectivity index (χ0) is 12.8. The van der Waals surface area contributed by atoms with Gasteiger partial charge in [-0.3, -0.25) is 4.90 Å². The molecule has 1 heterocycles. The molecule has 0 radical (unpaired) electrons. The summed E-state index contributed by atoms with van der Waals surface area (Å²) in [4.78, 5) is 2.87. The van der Waals surface area contributed by atoms with Crippen LogP contribution in [0.5, 0.6) is 0 Å². The van der Waals surface area contributed by atoms with Gasteiger partial charge in [-0.15, -0.1) is 0 Å². The third-order valence-corrected chi connectivity index (χ3v) is 5.24. The second-order valence-corrected chi connectivity index (χ2v) is 6.35. The third-order valence-electron chi connectivity index (χ3n) is 5.24. The second kappa shape index (κ2) is 7.49. The molecule has 2 heteroatoms. The van der Waals surface area contributed by atoms with Gasteiger partial charge in [-0.25, -0.2) is 0 Å². The van der Waals surface area contributed by atoms with Gasteiger partial charge in [-0.1, -0.05) is 39.0 Å². The van der Waals surface area contributed by atoms with Crippen LogP contribution < -0.4 is 5.73 Å². The Kier molecular flexibility index (Phi) is 5.97. The molecule has 0 aromatic rings. The Bertz CT molecular complexity index is 205. The first-order chi connectivity index (χ1) is 8.86. The maximum atomic E-state index is 6.07. The van der Waals surface area contributed by atoms with Crippen LogP contribution in [0.4, 0.5) is 0 Å². The van der Waals surface area contributed by atoms with Crippen LogP contribution in [0, 0.1) is 5.92 Å². The molecule has 0 bridgehead atoms. The van der Waals surface area contributed by atoms with E-state index in [0.29, 0.717) is 0 Å². The highest BCUT2D eigenvalue weighted by atomic mass is 15.2. The van der Waals surface area contributed by atoms with E-state index in [0.717, 1.165) is 24.5 Å². The SMILES string of the molecule is CCC1CCCCCN1C1CCCCCC1CN. The largest absolute Gasteiger partial charge is 0.330 e. The predicted octanol–water partition coefficient (Wildman–Crippen LogP) is 3.55. The zero-order valence-corrected chi connectivity index (χ0v) is 12.2. The van der Waals surface area contributed by atoms with Crippen LogP contribution in [0.1, 0.15) is 71.1 Å². The van der Waals surface area contributed by atoms with E-state index < -0.39 is 0 Å². The molecular formula is C16H32N2. The predicted molar refractivity (Wildman–Crippen MR) is 78.7 cm³/mol. The van der Waals surface area contributed by atoms with Crippen molar-refractivity contribution in [3.8, 4) is 0 Å². The summed E-state index contributed by atoms with van der Waals surface area (Å²) < 4.78 is 0. The lowest BCUT2D eigenvalue weighted by Crippen LogP contribution is -2.48. The molecule has 2 nitrogen and oxygen atoms in total. The molecule has 3 atom stereocenters. The monoisotopic (exact) mass is 252 g/mol. The number of likely N-dealkylation sites (tertiary alicyclic amines) is 1. The lowest BCUT2D eigenvalue weighted by Gasteiger charge is -2.40. The van der Waals surface area contributed by atoms with Crippen LogP contribution in [-0.2, 0) is 0 Å². The van der Waals surface area contributed by atoms with Crippen molar-refractivity contribution in [2.24, 2.45) is 11.7 Å². The van der Waals surface area contributed by atoms with Crippen molar-refractivity contribution >= 4 is 0 Å². The summed E-state index contributed by atoms with van der Waals surface area (Å²) in [5, 5.41) is 0. The molecule has 2 aliphatic rings. The van der Waals surface area contributed by atoms with Crippen molar-refractivity contribution < 1.29 is 0 Å². The molecule has 2 N–H and O–H groups in total. The van der Waals surface area contributed by atoms with Crippen LogP contribution in [0.25, 0.3) is 0 Å². The van der Waals surface area contributed by atoms with Crippen LogP contribution in [0.15, 0.2) is 0 Å². The van der Waals surface area contributed by atoms with E-state index in [-0.39, 0.29) is 0 Å². The molecular weight excluding hydrogens is 220 g/mol. The highest BCUT2D eigenvalue weighted by molar-refractivity contribution is 4.87. The van der Waals surface area contributed by atoms with Crippen molar-refractivity contribution in [1.29, 1.82) is 0 Å². The number of hydrogen-bond acceptors (Lipinski definition) is 2. The molecule has 106 valence electrons. The van der Waals surface area contributed by atoms with E-state index >= 15 is 0 Å². The first kappa shape index (κ1) is 14.3. The van der Waals surface area contributed by atoms with Crippen LogP contribution >= 0.6 is 0 Å². The summed E-state index contributed by atoms with van der Waals surface area (Å²) in [6.45, 7) is 4.61. The Morgan fingerprint density at radius 2 is 1.67 bits per heavy atom. The summed E-state index contributed by atoms with van der Waals surface area (Å²) in [6, 6.07) is 1.63. The maximum Gasteiger partial charge on any atom is 0.0138 e. The average Bonchev–Trinajstić information content (AvgIpc) is 2.77. The highest BCUT2D eigenvalue weighted by Gasteiger charge is 2.32. The van der Waals surface area contributed by atoms with Crippen LogP contribution in [-0.4, -0.2) is 30.1 Å². The summed E-state index contributed by atoms with van der Waals surface area (Å²) in [6.07, 6.45) is 14.1. The maximum absolute atomic E-state index is 6.07. The highest BCUT2D eigenvalue weighted by Crippen LogP contribution is 2.31. The van der Waals surface area contributed by atoms with Gasteiger partial charge in [0.1, 0.15) is 0 Å². The molecule has 1 saturated heterocycles. The Hall–Kier alpha value is -0.0800. The number of nitrogens with two attached hydrogens (primary N) is 1. The molecule has 2 fully saturated rings. The topological polar surface area (TPSA) is 29.3 Å². The van der Waals surface area contributed by atoms with E-state index in [9.17, 15) is 0 Å². The zero-order valence-electron chi connectivity index (χ0n) is 12.2. The van der Waals surface area contributed by atoms with Crippen LogP contribution in [0.2, 0.25) is 0 Å². The fourth-order valence-electron chi connectivity index (χ4n) is 4.15. The number of rotatable bonds is 3. The first-order valence-corrected chi connectivity index (χ1v) is 8.32. The fraction of sp³-hybridized carbons (Fsp3) is 1.00. The minimum absolute atomic E-state index is 0.764. The molecule has 3 unspecified atom stereocenters. The number of hydrogen-bond donors (Lipinski definition) is 1. The quantitative estimate of drug-likeness (QED) is 0.778. The minimum Gasteiger partial charge on any atom is -0.330 e. The molecule has 1 aliphatic carbocycles. The van der Waals surface area contributed by atoms with E-state index in [2.05, 4.69) is 11.8 Å². The van der Waals surface area contributed by atoms with Gasteiger partial charge in [0.05, 0.1) is 0 Å². The Labute approximate surface area is 113 Å². The Morgan fingerprint density at radius 1 is 0.944 bits per heavy atom. The first-order valence-electron chi connectivity index (χ1n) is 8.32. The van der Waals surface area contributed by atoms with Crippen LogP contribution in [0.3, 0.4) is 0 Å². The molecule has 1 aliphatic heterocycles. The lowest BCUT2D eigenvalue weighted by molar-refractivity contribution is 0.0867. The van der Waals surface area contributed by atoms with Gasteiger partial charge in [-0.2, -0.15) is 0 Å². The van der Waals surface area contributed by atoms with E-state index in [1.165, 1.54) is 70.8 Å². The number of nitrogens with zero attached hydrogens (tertiary/aromatic N) is 1. The normalized spacial score (nSPS) is 36.0. The van der Waals surface area contributed by atoms with Gasteiger partial charge < -0.3 is 5.73 Å². The van der Waals surface area contributed by atoms with E-state index in [1.807, 2.05) is 0 Å². The van der Waals surface area contributed by atoms with Gasteiger partial charge in [0.25, 0.3) is 0 Å². The summed E-state index contributed by atoms with van der Waals surface area (Å²) in [5.74, 6) is 0.764. The van der Waals surface area contributed by atoms with Crippen molar-refractivity contribution in [1.82, 2.24) is 4.90 Å². The van der Waals surface area contributed by atoms with Gasteiger partial charge in [0.2, 0.25) is 0 Å². The smallest absolute Gasteiger partial charge is 0.0138 e. The van der Waals surface area contributed by atoms with Crippen molar-refractivity contribution in [2.75, 3.05) is 13.1 Å². The minimum atomic E-state index is 0.764. The molecule has 0 aromatic heterocycles. The van der Waals surface area contributed by atoms with Gasteiger partial charge >= 0.3 is 0 Å².